The van der Waals surface area contributed by atoms with Crippen molar-refractivity contribution < 1.29 is 5.11 Å². The molecule has 0 aliphatic carbocycles. The fourth-order valence-corrected chi connectivity index (χ4v) is 0.767. The lowest BCUT2D eigenvalue weighted by Crippen LogP contribution is -1.98. The van der Waals surface area contributed by atoms with E-state index in [1.54, 1.807) is 25.4 Å². The summed E-state index contributed by atoms with van der Waals surface area (Å²) >= 11 is 0. The molecule has 1 atom stereocenters. The molecule has 1 heterocycles. The predicted molar refractivity (Wildman–Crippen MR) is 39.3 cm³/mol. The average molecular weight is 138 g/mol. The summed E-state index contributed by atoms with van der Waals surface area (Å²) in [5.74, 6) is 0. The molecule has 10 heavy (non-hydrogen) atoms. The minimum atomic E-state index is -0.534. The van der Waals surface area contributed by atoms with E-state index in [2.05, 4.69) is 4.98 Å². The maximum absolute atomic E-state index is 9.08. The highest BCUT2D eigenvalue weighted by molar-refractivity contribution is 5.45. The first-order chi connectivity index (χ1) is 4.72. The number of nitrogen functional groups attached to an aromatic ring is 1. The van der Waals surface area contributed by atoms with Crippen LogP contribution in [0.1, 0.15) is 18.6 Å². The minimum absolute atomic E-state index is 0.534. The van der Waals surface area contributed by atoms with Crippen LogP contribution in [0.25, 0.3) is 0 Å². The molecule has 0 saturated heterocycles. The van der Waals surface area contributed by atoms with E-state index < -0.39 is 6.10 Å². The van der Waals surface area contributed by atoms with E-state index in [4.69, 9.17) is 10.8 Å². The van der Waals surface area contributed by atoms with Crippen molar-refractivity contribution in [1.29, 1.82) is 0 Å². The third kappa shape index (κ3) is 1.25. The van der Waals surface area contributed by atoms with Gasteiger partial charge in [0.25, 0.3) is 0 Å². The zero-order chi connectivity index (χ0) is 7.56. The van der Waals surface area contributed by atoms with E-state index in [1.165, 1.54) is 0 Å². The van der Waals surface area contributed by atoms with Gasteiger partial charge in [-0.2, -0.15) is 0 Å². The van der Waals surface area contributed by atoms with Crippen molar-refractivity contribution in [1.82, 2.24) is 4.98 Å². The number of nitrogens with two attached hydrogens (primary N) is 1. The zero-order valence-corrected chi connectivity index (χ0v) is 5.78. The number of hydrogen-bond donors (Lipinski definition) is 2. The molecule has 0 saturated carbocycles. The van der Waals surface area contributed by atoms with Gasteiger partial charge < -0.3 is 10.8 Å². The van der Waals surface area contributed by atoms with Gasteiger partial charge in [-0.1, -0.05) is 0 Å². The summed E-state index contributed by atoms with van der Waals surface area (Å²) in [7, 11) is 0. The second-order valence-corrected chi connectivity index (χ2v) is 2.18. The van der Waals surface area contributed by atoms with Gasteiger partial charge in [-0.05, 0) is 13.0 Å². The van der Waals surface area contributed by atoms with Crippen molar-refractivity contribution in [2.24, 2.45) is 0 Å². The Kier molecular flexibility index (Phi) is 1.87. The Labute approximate surface area is 59.5 Å². The smallest absolute Gasteiger partial charge is 0.0797 e. The maximum Gasteiger partial charge on any atom is 0.0797 e. The molecule has 0 aliphatic rings. The third-order valence-corrected chi connectivity index (χ3v) is 1.34. The highest BCUT2D eigenvalue weighted by Crippen LogP contribution is 2.16. The first kappa shape index (κ1) is 7.02. The lowest BCUT2D eigenvalue weighted by Gasteiger charge is -2.05. The average Bonchev–Trinajstić information content (AvgIpc) is 1.88. The Bertz CT molecular complexity index is 223. The first-order valence-electron chi connectivity index (χ1n) is 3.09. The van der Waals surface area contributed by atoms with E-state index in [0.29, 0.717) is 11.3 Å². The van der Waals surface area contributed by atoms with Crippen LogP contribution in [0, 0.1) is 0 Å². The van der Waals surface area contributed by atoms with Crippen LogP contribution in [-0.2, 0) is 0 Å². The number of nitrogens with zero attached hydrogens (tertiary/aromatic N) is 1. The topological polar surface area (TPSA) is 59.1 Å². The molecule has 54 valence electrons. The molecule has 0 unspecified atom stereocenters. The SMILES string of the molecule is C[C@H](O)c1cnccc1N. The highest BCUT2D eigenvalue weighted by atomic mass is 16.3. The Morgan fingerprint density at radius 3 is 2.80 bits per heavy atom. The summed E-state index contributed by atoms with van der Waals surface area (Å²) in [6.45, 7) is 1.66. The van der Waals surface area contributed by atoms with Gasteiger partial charge in [0.15, 0.2) is 0 Å². The number of aliphatic hydroxyl groups excluding tert-OH is 1. The van der Waals surface area contributed by atoms with Crippen molar-refractivity contribution >= 4 is 5.69 Å². The van der Waals surface area contributed by atoms with E-state index in [1.807, 2.05) is 0 Å². The summed E-state index contributed by atoms with van der Waals surface area (Å²) in [4.78, 5) is 3.83. The first-order valence-corrected chi connectivity index (χ1v) is 3.09. The summed E-state index contributed by atoms with van der Waals surface area (Å²) in [6, 6.07) is 1.67. The van der Waals surface area contributed by atoms with Gasteiger partial charge in [0, 0.05) is 23.6 Å². The zero-order valence-electron chi connectivity index (χ0n) is 5.78. The number of aliphatic hydroxyl groups is 1. The molecule has 0 radical (unpaired) electrons. The van der Waals surface area contributed by atoms with Crippen molar-refractivity contribution in [2.45, 2.75) is 13.0 Å². The second-order valence-electron chi connectivity index (χ2n) is 2.18. The molecule has 0 spiro atoms. The van der Waals surface area contributed by atoms with Gasteiger partial charge in [0.05, 0.1) is 6.10 Å². The van der Waals surface area contributed by atoms with Crippen LogP contribution >= 0.6 is 0 Å². The normalized spacial score (nSPS) is 13.0. The van der Waals surface area contributed by atoms with E-state index >= 15 is 0 Å². The van der Waals surface area contributed by atoms with Crippen LogP contribution in [0.15, 0.2) is 18.5 Å². The Hall–Kier alpha value is -1.09. The van der Waals surface area contributed by atoms with Gasteiger partial charge >= 0.3 is 0 Å². The van der Waals surface area contributed by atoms with E-state index in [9.17, 15) is 0 Å². The van der Waals surface area contributed by atoms with Crippen LogP contribution in [0.4, 0.5) is 5.69 Å². The molecule has 1 aromatic rings. The number of anilines is 1. The van der Waals surface area contributed by atoms with Crippen molar-refractivity contribution in [2.75, 3.05) is 5.73 Å². The largest absolute Gasteiger partial charge is 0.398 e. The molecule has 1 rings (SSSR count). The molecule has 0 fully saturated rings. The van der Waals surface area contributed by atoms with Crippen LogP contribution in [0.3, 0.4) is 0 Å². The van der Waals surface area contributed by atoms with Gasteiger partial charge in [-0.25, -0.2) is 0 Å². The van der Waals surface area contributed by atoms with E-state index in [-0.39, 0.29) is 0 Å². The minimum Gasteiger partial charge on any atom is -0.398 e. The fourth-order valence-electron chi connectivity index (χ4n) is 0.767. The lowest BCUT2D eigenvalue weighted by molar-refractivity contribution is 0.199. The number of pyridine rings is 1. The van der Waals surface area contributed by atoms with E-state index in [0.717, 1.165) is 0 Å². The molecule has 0 aromatic carbocycles. The maximum atomic E-state index is 9.08. The quantitative estimate of drug-likeness (QED) is 0.601. The molecular weight excluding hydrogens is 128 g/mol. The van der Waals surface area contributed by atoms with Gasteiger partial charge in [-0.15, -0.1) is 0 Å². The molecule has 3 N–H and O–H groups in total. The monoisotopic (exact) mass is 138 g/mol. The standard InChI is InChI=1S/C7H10N2O/c1-5(10)6-4-9-3-2-7(6)8/h2-5,10H,1H3,(H2,8,9)/t5-/m0/s1. The number of hydrogen-bond acceptors (Lipinski definition) is 3. The number of rotatable bonds is 1. The van der Waals surface area contributed by atoms with Gasteiger partial charge in [0.1, 0.15) is 0 Å². The molecule has 0 bridgehead atoms. The molecule has 1 aromatic heterocycles. The van der Waals surface area contributed by atoms with Crippen molar-refractivity contribution in [3.63, 3.8) is 0 Å². The molecule has 0 aliphatic heterocycles. The van der Waals surface area contributed by atoms with Crippen LogP contribution in [0.2, 0.25) is 0 Å². The highest BCUT2D eigenvalue weighted by Gasteiger charge is 2.02. The molecular formula is C7H10N2O. The second kappa shape index (κ2) is 2.66. The number of aromatic nitrogens is 1. The third-order valence-electron chi connectivity index (χ3n) is 1.34. The molecule has 3 heteroatoms. The summed E-state index contributed by atoms with van der Waals surface area (Å²) in [5.41, 5.74) is 6.79. The van der Waals surface area contributed by atoms with Gasteiger partial charge in [-0.3, -0.25) is 4.98 Å². The molecule has 3 nitrogen and oxygen atoms in total. The lowest BCUT2D eigenvalue weighted by atomic mass is 10.1. The van der Waals surface area contributed by atoms with Crippen LogP contribution in [-0.4, -0.2) is 10.1 Å². The Balaban J connectivity index is 3.03. The van der Waals surface area contributed by atoms with Crippen LogP contribution < -0.4 is 5.73 Å². The van der Waals surface area contributed by atoms with Gasteiger partial charge in [0.2, 0.25) is 0 Å². The fraction of sp³-hybridized carbons (Fsp3) is 0.286. The van der Waals surface area contributed by atoms with Crippen molar-refractivity contribution in [3.8, 4) is 0 Å². The summed E-state index contributed by atoms with van der Waals surface area (Å²) < 4.78 is 0. The van der Waals surface area contributed by atoms with Crippen LogP contribution in [0.5, 0.6) is 0 Å². The molecule has 0 amide bonds. The summed E-state index contributed by atoms with van der Waals surface area (Å²) in [5, 5.41) is 9.08. The predicted octanol–water partition coefficient (Wildman–Crippen LogP) is 0.717. The Morgan fingerprint density at radius 2 is 2.40 bits per heavy atom. The van der Waals surface area contributed by atoms with Crippen molar-refractivity contribution in [3.05, 3.63) is 24.0 Å². The Morgan fingerprint density at radius 1 is 1.70 bits per heavy atom. The summed E-state index contributed by atoms with van der Waals surface area (Å²) in [6.07, 6.45) is 2.63.